The average Bonchev–Trinajstić information content (AvgIpc) is 3.58. The van der Waals surface area contributed by atoms with Gasteiger partial charge in [-0.15, -0.1) is 16.4 Å². The first kappa shape index (κ1) is 21.3. The van der Waals surface area contributed by atoms with Crippen molar-refractivity contribution in [2.75, 3.05) is 6.54 Å². The third kappa shape index (κ3) is 3.87. The summed E-state index contributed by atoms with van der Waals surface area (Å²) in [6.45, 7) is 1.54. The van der Waals surface area contributed by atoms with Crippen molar-refractivity contribution in [2.45, 2.75) is 25.6 Å². The third-order valence-corrected chi connectivity index (χ3v) is 7.76. The molecule has 0 bridgehead atoms. The molecule has 0 saturated carbocycles. The van der Waals surface area contributed by atoms with E-state index in [2.05, 4.69) is 23.1 Å². The van der Waals surface area contributed by atoms with Gasteiger partial charge < -0.3 is 0 Å². The smallest absolute Gasteiger partial charge is 0.204 e. The highest BCUT2D eigenvalue weighted by Gasteiger charge is 2.30. The Balaban J connectivity index is 1.39. The van der Waals surface area contributed by atoms with E-state index in [1.165, 1.54) is 16.8 Å². The second kappa shape index (κ2) is 8.87. The van der Waals surface area contributed by atoms with E-state index in [4.69, 9.17) is 22.3 Å². The first-order valence-electron chi connectivity index (χ1n) is 11.3. The molecule has 1 aliphatic rings. The van der Waals surface area contributed by atoms with Crippen molar-refractivity contribution in [1.29, 1.82) is 0 Å². The predicted octanol–water partition coefficient (Wildman–Crippen LogP) is 6.61. The van der Waals surface area contributed by atoms with Crippen LogP contribution >= 0.6 is 23.6 Å². The molecule has 3 aromatic carbocycles. The zero-order valence-electron chi connectivity index (χ0n) is 18.3. The summed E-state index contributed by atoms with van der Waals surface area (Å²) < 4.78 is 19.3. The van der Waals surface area contributed by atoms with E-state index in [0.717, 1.165) is 41.2 Å². The van der Waals surface area contributed by atoms with E-state index in [1.807, 2.05) is 45.6 Å². The van der Waals surface area contributed by atoms with Gasteiger partial charge in [0, 0.05) is 17.8 Å². The van der Waals surface area contributed by atoms with Crippen molar-refractivity contribution in [3.8, 4) is 17.1 Å². The van der Waals surface area contributed by atoms with Crippen LogP contribution in [0.25, 0.3) is 27.3 Å². The number of thiazole rings is 1. The monoisotopic (exact) mass is 487 g/mol. The quantitative estimate of drug-likeness (QED) is 0.261. The van der Waals surface area contributed by atoms with Crippen LogP contribution in [0.2, 0.25) is 0 Å². The predicted molar refractivity (Wildman–Crippen MR) is 136 cm³/mol. The highest BCUT2D eigenvalue weighted by molar-refractivity contribution is 7.71. The van der Waals surface area contributed by atoms with Crippen LogP contribution in [0.4, 0.5) is 4.39 Å². The van der Waals surface area contributed by atoms with Crippen LogP contribution in [-0.4, -0.2) is 30.8 Å². The molecule has 34 heavy (non-hydrogen) atoms. The Morgan fingerprint density at radius 3 is 2.53 bits per heavy atom. The van der Waals surface area contributed by atoms with E-state index >= 15 is 0 Å². The zero-order chi connectivity index (χ0) is 23.1. The molecule has 0 N–H and O–H groups in total. The number of para-hydroxylation sites is 2. The van der Waals surface area contributed by atoms with Gasteiger partial charge in [-0.25, -0.2) is 14.1 Å². The fourth-order valence-electron chi connectivity index (χ4n) is 4.58. The summed E-state index contributed by atoms with van der Waals surface area (Å²) in [6, 6.07) is 24.9. The van der Waals surface area contributed by atoms with Crippen LogP contribution < -0.4 is 0 Å². The second-order valence-corrected chi connectivity index (χ2v) is 9.84. The van der Waals surface area contributed by atoms with Gasteiger partial charge in [-0.1, -0.05) is 30.3 Å². The molecule has 3 heterocycles. The Labute approximate surface area is 205 Å². The average molecular weight is 488 g/mol. The number of rotatable bonds is 5. The molecule has 1 aliphatic heterocycles. The summed E-state index contributed by atoms with van der Waals surface area (Å²) in [6.07, 6.45) is 2.18. The molecule has 8 heteroatoms. The molecule has 2 aromatic heterocycles. The molecule has 0 amide bonds. The molecule has 0 radical (unpaired) electrons. The maximum Gasteiger partial charge on any atom is 0.204 e. The number of hydrogen-bond acceptors (Lipinski definition) is 5. The van der Waals surface area contributed by atoms with Crippen LogP contribution in [0.1, 0.15) is 23.9 Å². The lowest BCUT2D eigenvalue weighted by atomic mass is 10.2. The third-order valence-electron chi connectivity index (χ3n) is 6.23. The summed E-state index contributed by atoms with van der Waals surface area (Å²) in [4.78, 5) is 7.32. The van der Waals surface area contributed by atoms with Gasteiger partial charge >= 0.3 is 0 Å². The first-order chi connectivity index (χ1) is 16.7. The minimum absolute atomic E-state index is 0.246. The van der Waals surface area contributed by atoms with Crippen molar-refractivity contribution < 1.29 is 4.39 Å². The van der Waals surface area contributed by atoms with Crippen molar-refractivity contribution in [1.82, 2.24) is 24.2 Å². The second-order valence-electron chi connectivity index (χ2n) is 8.42. The van der Waals surface area contributed by atoms with Crippen molar-refractivity contribution in [3.05, 3.63) is 94.5 Å². The lowest BCUT2D eigenvalue weighted by Gasteiger charge is -2.22. The van der Waals surface area contributed by atoms with Crippen molar-refractivity contribution in [3.63, 3.8) is 0 Å². The van der Waals surface area contributed by atoms with Gasteiger partial charge in [-0.2, -0.15) is 0 Å². The lowest BCUT2D eigenvalue weighted by Crippen LogP contribution is -2.27. The Hall–Kier alpha value is -3.20. The SMILES string of the molecule is Fc1ccc(-c2nn(CN3CCCC3c3nc4ccccc4s3)c(=S)n2-c2ccccc2)cc1. The number of halogens is 1. The summed E-state index contributed by atoms with van der Waals surface area (Å²) in [5.41, 5.74) is 2.80. The Bertz CT molecular complexity index is 1470. The Morgan fingerprint density at radius 1 is 0.971 bits per heavy atom. The summed E-state index contributed by atoms with van der Waals surface area (Å²) in [7, 11) is 0. The Morgan fingerprint density at radius 2 is 1.74 bits per heavy atom. The maximum absolute atomic E-state index is 13.6. The molecule has 5 aromatic rings. The molecule has 1 unspecified atom stereocenters. The number of benzene rings is 3. The van der Waals surface area contributed by atoms with Gasteiger partial charge in [0.05, 0.1) is 22.9 Å². The standard InChI is InChI=1S/C26H22FN5S2/c27-19-14-12-18(13-15-19)24-29-31(26(33)32(24)20-7-2-1-3-8-20)17-30-16-6-10-22(30)25-28-21-9-4-5-11-23(21)34-25/h1-5,7-9,11-15,22H,6,10,16-17H2. The van der Waals surface area contributed by atoms with Crippen molar-refractivity contribution in [2.24, 2.45) is 0 Å². The summed E-state index contributed by atoms with van der Waals surface area (Å²) in [5.74, 6) is 0.427. The number of nitrogens with zero attached hydrogens (tertiary/aromatic N) is 5. The number of likely N-dealkylation sites (tertiary alicyclic amines) is 1. The summed E-state index contributed by atoms with van der Waals surface area (Å²) >= 11 is 7.68. The lowest BCUT2D eigenvalue weighted by molar-refractivity contribution is 0.190. The van der Waals surface area contributed by atoms with Gasteiger partial charge in [0.2, 0.25) is 4.77 Å². The van der Waals surface area contributed by atoms with E-state index in [9.17, 15) is 4.39 Å². The molecule has 170 valence electrons. The van der Waals surface area contributed by atoms with Crippen LogP contribution in [0.3, 0.4) is 0 Å². The summed E-state index contributed by atoms with van der Waals surface area (Å²) in [5, 5.41) is 6.06. The molecule has 0 spiro atoms. The normalized spacial score (nSPS) is 16.4. The van der Waals surface area contributed by atoms with Crippen LogP contribution in [0.15, 0.2) is 78.9 Å². The van der Waals surface area contributed by atoms with E-state index in [0.29, 0.717) is 17.3 Å². The Kier molecular flexibility index (Phi) is 5.57. The molecule has 6 rings (SSSR count). The largest absolute Gasteiger partial charge is 0.275 e. The number of hydrogen-bond donors (Lipinski definition) is 0. The topological polar surface area (TPSA) is 38.9 Å². The van der Waals surface area contributed by atoms with E-state index in [1.54, 1.807) is 23.5 Å². The molecule has 1 atom stereocenters. The van der Waals surface area contributed by atoms with E-state index in [-0.39, 0.29) is 11.9 Å². The van der Waals surface area contributed by atoms with Gasteiger partial charge in [-0.3, -0.25) is 9.47 Å². The molecule has 1 fully saturated rings. The van der Waals surface area contributed by atoms with Crippen molar-refractivity contribution >= 4 is 33.8 Å². The molecule has 5 nitrogen and oxygen atoms in total. The zero-order valence-corrected chi connectivity index (χ0v) is 20.0. The maximum atomic E-state index is 13.6. The fourth-order valence-corrected chi connectivity index (χ4v) is 6.00. The number of aromatic nitrogens is 4. The minimum atomic E-state index is -0.274. The minimum Gasteiger partial charge on any atom is -0.275 e. The number of fused-ring (bicyclic) bond motifs is 1. The fraction of sp³-hybridized carbons (Fsp3) is 0.192. The highest BCUT2D eigenvalue weighted by Crippen LogP contribution is 2.37. The van der Waals surface area contributed by atoms with Gasteiger partial charge in [-0.05, 0) is 73.6 Å². The van der Waals surface area contributed by atoms with Crippen LogP contribution in [0, 0.1) is 10.6 Å². The molecular weight excluding hydrogens is 465 g/mol. The van der Waals surface area contributed by atoms with Gasteiger partial charge in [0.25, 0.3) is 0 Å². The molecule has 0 aliphatic carbocycles. The van der Waals surface area contributed by atoms with Gasteiger partial charge in [0.15, 0.2) is 5.82 Å². The highest BCUT2D eigenvalue weighted by atomic mass is 32.1. The van der Waals surface area contributed by atoms with Crippen LogP contribution in [-0.2, 0) is 6.67 Å². The molecular formula is C26H22FN5S2. The van der Waals surface area contributed by atoms with Gasteiger partial charge in [0.1, 0.15) is 10.8 Å². The van der Waals surface area contributed by atoms with E-state index < -0.39 is 0 Å². The first-order valence-corrected chi connectivity index (χ1v) is 12.5. The van der Waals surface area contributed by atoms with Crippen LogP contribution in [0.5, 0.6) is 0 Å². The molecule has 1 saturated heterocycles.